The largest absolute Gasteiger partial charge is 0.493 e. The number of para-hydroxylation sites is 1. The third-order valence-corrected chi connectivity index (χ3v) is 8.16. The van der Waals surface area contributed by atoms with Crippen LogP contribution < -0.4 is 9.47 Å². The van der Waals surface area contributed by atoms with Crippen molar-refractivity contribution in [1.29, 1.82) is 0 Å². The van der Waals surface area contributed by atoms with E-state index in [0.29, 0.717) is 29.5 Å². The first kappa shape index (κ1) is 98.7. The molecule has 480 valence electrons. The lowest BCUT2D eigenvalue weighted by atomic mass is 9.99. The number of furan rings is 1. The van der Waals surface area contributed by atoms with Crippen molar-refractivity contribution in [3.63, 3.8) is 0 Å². The average molecular weight is 1140 g/mol. The Morgan fingerprint density at radius 1 is 0.412 bits per heavy atom. The van der Waals surface area contributed by atoms with Gasteiger partial charge >= 0.3 is 0 Å². The fourth-order valence-corrected chi connectivity index (χ4v) is 4.63. The summed E-state index contributed by atoms with van der Waals surface area (Å²) in [4.78, 5) is 0. The van der Waals surface area contributed by atoms with Crippen LogP contribution in [0.3, 0.4) is 0 Å². The van der Waals surface area contributed by atoms with E-state index >= 15 is 0 Å². The zero-order chi connectivity index (χ0) is 58.0. The van der Waals surface area contributed by atoms with E-state index in [0.717, 1.165) is 89.7 Å². The Labute approximate surface area is 503 Å². The molecule has 3 rings (SSSR count). The van der Waals surface area contributed by atoms with Crippen LogP contribution in [0.5, 0.6) is 11.5 Å². The summed E-state index contributed by atoms with van der Waals surface area (Å²) < 4.78 is 43.0. The molecule has 0 bridgehead atoms. The van der Waals surface area contributed by atoms with Crippen molar-refractivity contribution >= 4 is 0 Å². The predicted octanol–water partition coefficient (Wildman–Crippen LogP) is 23.0. The van der Waals surface area contributed by atoms with Gasteiger partial charge in [-0.3, -0.25) is 0 Å². The summed E-state index contributed by atoms with van der Waals surface area (Å²) >= 11 is 0. The van der Waals surface area contributed by atoms with Gasteiger partial charge in [0.2, 0.25) is 0 Å². The maximum absolute atomic E-state index is 5.63. The third-order valence-electron chi connectivity index (χ3n) is 8.16. The standard InChI is InChI=1S/C12H18O.C11H16O.C10H16O2.C9H20O.C9H18O.C8H16O.C7H16O.6CH4/c1-10-5-7-11(8-6-10)13-9-12(2,3)4;1-11(2,3)9-12-10-7-5-4-6-8-10;1-10(2,3)8-11-7-9-5-4-6-12-9;2*1-5-6-7-10-8-9(2,3)4;1-5-6-9-7-8(2,3)4;1-5-8-6-7(2,3)4;;;;;;/h5-8H,9H2,1-4H3;4-8H,9H2,1-3H3;4-6H,7-8H2,1-3H3;5-8H2,1-4H3;5H,1,6-8H2,2-4H3;5H,1,6-7H2,2-4H3;5-6H2,1-4H3;6*1H4. The van der Waals surface area contributed by atoms with E-state index in [4.69, 9.17) is 37.6 Å². The molecule has 0 radical (unpaired) electrons. The highest BCUT2D eigenvalue weighted by Crippen LogP contribution is 2.20. The smallest absolute Gasteiger partial charge is 0.129 e. The zero-order valence-electron chi connectivity index (χ0n) is 52.9. The van der Waals surface area contributed by atoms with Gasteiger partial charge in [0, 0.05) is 13.2 Å². The number of hydrogen-bond donors (Lipinski definition) is 0. The van der Waals surface area contributed by atoms with Gasteiger partial charge in [0.05, 0.1) is 65.7 Å². The van der Waals surface area contributed by atoms with Crippen LogP contribution >= 0.6 is 0 Å². The van der Waals surface area contributed by atoms with Gasteiger partial charge in [-0.25, -0.2) is 0 Å². The molecule has 0 saturated carbocycles. The number of unbranched alkanes of at least 4 members (excludes halogenated alkanes) is 1. The number of rotatable bonds is 20. The molecule has 0 fully saturated rings. The molecule has 0 spiro atoms. The van der Waals surface area contributed by atoms with E-state index in [-0.39, 0.29) is 66.2 Å². The van der Waals surface area contributed by atoms with Crippen LogP contribution in [0.25, 0.3) is 0 Å². The van der Waals surface area contributed by atoms with Gasteiger partial charge in [0.25, 0.3) is 0 Å². The van der Waals surface area contributed by atoms with Crippen LogP contribution in [-0.2, 0) is 30.3 Å². The summed E-state index contributed by atoms with van der Waals surface area (Å²) in [5.74, 6) is 2.80. The first-order chi connectivity index (χ1) is 33.9. The van der Waals surface area contributed by atoms with E-state index in [1.54, 1.807) is 12.3 Å². The summed E-state index contributed by atoms with van der Waals surface area (Å²) in [6, 6.07) is 21.9. The Morgan fingerprint density at radius 2 is 0.787 bits per heavy atom. The summed E-state index contributed by atoms with van der Waals surface area (Å²) in [6.45, 7) is 68.4. The molecule has 0 amide bonds. The molecule has 0 N–H and O–H groups in total. The van der Waals surface area contributed by atoms with Crippen LogP contribution in [0.4, 0.5) is 0 Å². The van der Waals surface area contributed by atoms with Crippen LogP contribution in [0.15, 0.2) is 103 Å². The van der Waals surface area contributed by atoms with Gasteiger partial charge in [0.1, 0.15) is 23.9 Å². The quantitative estimate of drug-likeness (QED) is 0.0818. The van der Waals surface area contributed by atoms with Crippen molar-refractivity contribution in [2.75, 3.05) is 72.7 Å². The maximum Gasteiger partial charge on any atom is 0.129 e. The molecule has 0 atom stereocenters. The van der Waals surface area contributed by atoms with E-state index < -0.39 is 0 Å². The molecule has 3 aromatic rings. The minimum Gasteiger partial charge on any atom is -0.493 e. The van der Waals surface area contributed by atoms with Gasteiger partial charge in [-0.2, -0.15) is 0 Å². The van der Waals surface area contributed by atoms with E-state index in [1.807, 2.05) is 67.6 Å². The lowest BCUT2D eigenvalue weighted by Crippen LogP contribution is -2.16. The molecule has 0 aliphatic carbocycles. The fourth-order valence-electron chi connectivity index (χ4n) is 4.63. The molecule has 1 aromatic heterocycles. The second-order valence-electron chi connectivity index (χ2n) is 27.2. The summed E-state index contributed by atoms with van der Waals surface area (Å²) in [6.07, 6.45) is 8.68. The first-order valence-corrected chi connectivity index (χ1v) is 27.4. The van der Waals surface area contributed by atoms with Crippen LogP contribution in [-0.4, -0.2) is 72.7 Å². The molecule has 8 nitrogen and oxygen atoms in total. The topological polar surface area (TPSA) is 77.8 Å². The monoisotopic (exact) mass is 1140 g/mol. The minimum atomic E-state index is 0. The maximum atomic E-state index is 5.63. The normalized spacial score (nSPS) is 10.8. The van der Waals surface area contributed by atoms with E-state index in [2.05, 4.69) is 185 Å². The number of aryl methyl sites for hydroxylation is 1. The van der Waals surface area contributed by atoms with Gasteiger partial charge < -0.3 is 37.6 Å². The average Bonchev–Trinajstić information content (AvgIpc) is 3.78. The Kier molecular flexibility index (Phi) is 67.6. The Hall–Kier alpha value is -3.40. The summed E-state index contributed by atoms with van der Waals surface area (Å²) in [7, 11) is 0. The second kappa shape index (κ2) is 54.8. The van der Waals surface area contributed by atoms with Gasteiger partial charge in [-0.05, 0) is 101 Å². The lowest BCUT2D eigenvalue weighted by molar-refractivity contribution is 0.0504. The fraction of sp³-hybridized carbons (Fsp3) is 0.722. The van der Waals surface area contributed by atoms with Gasteiger partial charge in [0.15, 0.2) is 0 Å². The number of benzene rings is 2. The number of hydrogen-bond acceptors (Lipinski definition) is 8. The van der Waals surface area contributed by atoms with Crippen molar-refractivity contribution in [3.05, 3.63) is 110 Å². The highest BCUT2D eigenvalue weighted by Gasteiger charge is 2.14. The zero-order valence-corrected chi connectivity index (χ0v) is 52.9. The van der Waals surface area contributed by atoms with Crippen LogP contribution in [0.2, 0.25) is 0 Å². The highest BCUT2D eigenvalue weighted by molar-refractivity contribution is 5.26. The molecule has 0 unspecified atom stereocenters. The molecular formula is C72H144O8. The molecule has 1 heterocycles. The first-order valence-electron chi connectivity index (χ1n) is 27.4. The van der Waals surface area contributed by atoms with E-state index in [1.165, 1.54) is 18.4 Å². The molecule has 0 aliphatic rings. The SMILES string of the molecule is C.C.C.C.C.C.C=CCCOCC(C)(C)C.C=CCOCC(C)(C)C.CC(C)(C)COCc1ccco1.CC(C)(C)COc1ccccc1.CCCCOCC(C)(C)C.CCOCC(C)(C)C.Cc1ccc(OCC(C)(C)C)cc1. The van der Waals surface area contributed by atoms with Crippen molar-refractivity contribution in [1.82, 2.24) is 0 Å². The van der Waals surface area contributed by atoms with Crippen molar-refractivity contribution in [2.45, 2.75) is 237 Å². The Balaban J connectivity index is -0.0000000887. The summed E-state index contributed by atoms with van der Waals surface area (Å²) in [5.41, 5.74) is 3.18. The molecule has 0 aliphatic heterocycles. The molecule has 2 aromatic carbocycles. The molecule has 0 saturated heterocycles. The third kappa shape index (κ3) is 93.9. The van der Waals surface area contributed by atoms with Gasteiger partial charge in [-0.1, -0.05) is 251 Å². The lowest BCUT2D eigenvalue weighted by Gasteiger charge is -2.18. The van der Waals surface area contributed by atoms with Crippen molar-refractivity contribution < 1.29 is 37.6 Å². The molecule has 80 heavy (non-hydrogen) atoms. The highest BCUT2D eigenvalue weighted by atomic mass is 16.5. The minimum absolute atomic E-state index is 0. The summed E-state index contributed by atoms with van der Waals surface area (Å²) in [5, 5.41) is 0. The van der Waals surface area contributed by atoms with Crippen LogP contribution in [0, 0.1) is 44.8 Å². The van der Waals surface area contributed by atoms with E-state index in [9.17, 15) is 0 Å². The molecule has 8 heteroatoms. The number of ether oxygens (including phenoxy) is 7. The predicted molar refractivity (Wildman–Crippen MR) is 362 cm³/mol. The van der Waals surface area contributed by atoms with Crippen molar-refractivity contribution in [2.24, 2.45) is 37.9 Å². The Morgan fingerprint density at radius 3 is 1.12 bits per heavy atom. The van der Waals surface area contributed by atoms with Crippen molar-refractivity contribution in [3.8, 4) is 11.5 Å². The Bertz CT molecular complexity index is 1650. The molecular weight excluding hydrogens is 993 g/mol. The van der Waals surface area contributed by atoms with Gasteiger partial charge in [-0.15, -0.1) is 13.2 Å². The van der Waals surface area contributed by atoms with Crippen LogP contribution in [0.1, 0.15) is 234 Å². The second-order valence-corrected chi connectivity index (χ2v) is 27.2.